The van der Waals surface area contributed by atoms with E-state index in [1.165, 1.54) is 4.90 Å². The van der Waals surface area contributed by atoms with Crippen molar-refractivity contribution in [3.63, 3.8) is 0 Å². The molecule has 3 rings (SSSR count). The van der Waals surface area contributed by atoms with Gasteiger partial charge in [-0.25, -0.2) is 18.0 Å². The van der Waals surface area contributed by atoms with Gasteiger partial charge in [-0.1, -0.05) is 19.6 Å². The SMILES string of the molecule is C.Cc1ccc(-c2c(F)cc(F)cc2F)c2c1CCN(C(=O)N=C(N)N)C2. The molecule has 1 heterocycles. The van der Waals surface area contributed by atoms with Crippen LogP contribution >= 0.6 is 0 Å². The summed E-state index contributed by atoms with van der Waals surface area (Å²) in [5.41, 5.74) is 12.9. The topological polar surface area (TPSA) is 84.7 Å². The fraction of sp³-hybridized carbons (Fsp3) is 0.263. The highest BCUT2D eigenvalue weighted by Crippen LogP contribution is 2.35. The van der Waals surface area contributed by atoms with Gasteiger partial charge in [-0.3, -0.25) is 0 Å². The first-order valence-electron chi connectivity index (χ1n) is 7.92. The highest BCUT2D eigenvalue weighted by atomic mass is 19.1. The molecule has 27 heavy (non-hydrogen) atoms. The van der Waals surface area contributed by atoms with Crippen molar-refractivity contribution in [2.24, 2.45) is 16.5 Å². The Kier molecular flexibility index (Phi) is 5.78. The minimum atomic E-state index is -0.999. The van der Waals surface area contributed by atoms with Crippen molar-refractivity contribution in [1.29, 1.82) is 0 Å². The number of aliphatic imine (C=N–C) groups is 1. The normalized spacial score (nSPS) is 12.8. The zero-order valence-electron chi connectivity index (χ0n) is 14.0. The zero-order chi connectivity index (χ0) is 19.0. The molecule has 4 N–H and O–H groups in total. The molecule has 0 spiro atoms. The maximum Gasteiger partial charge on any atom is 0.347 e. The van der Waals surface area contributed by atoms with Gasteiger partial charge in [0.25, 0.3) is 0 Å². The predicted octanol–water partition coefficient (Wildman–Crippen LogP) is 3.47. The number of guanidine groups is 1. The van der Waals surface area contributed by atoms with Crippen molar-refractivity contribution < 1.29 is 18.0 Å². The van der Waals surface area contributed by atoms with E-state index < -0.39 is 23.5 Å². The Morgan fingerprint density at radius 1 is 1.11 bits per heavy atom. The number of halogens is 3. The van der Waals surface area contributed by atoms with E-state index in [-0.39, 0.29) is 31.1 Å². The van der Waals surface area contributed by atoms with Gasteiger partial charge in [0.05, 0.1) is 5.56 Å². The standard InChI is InChI=1S/C18H17F3N4O.CH4/c1-9-2-3-12(16-14(20)6-10(19)7-15(16)21)13-8-25(5-4-11(9)13)18(26)24-17(22)23;/h2-3,6-7H,4-5,8H2,1H3,(H4,22,23,24,26);1H4. The van der Waals surface area contributed by atoms with E-state index in [0.717, 1.165) is 11.1 Å². The van der Waals surface area contributed by atoms with Crippen LogP contribution in [0.25, 0.3) is 11.1 Å². The van der Waals surface area contributed by atoms with Gasteiger partial charge in [-0.15, -0.1) is 0 Å². The molecule has 2 aromatic rings. The summed E-state index contributed by atoms with van der Waals surface area (Å²) in [5, 5.41) is 0. The fourth-order valence-electron chi connectivity index (χ4n) is 3.23. The van der Waals surface area contributed by atoms with E-state index in [0.29, 0.717) is 30.7 Å². The number of urea groups is 1. The summed E-state index contributed by atoms with van der Waals surface area (Å²) in [4.78, 5) is 17.0. The molecule has 0 bridgehead atoms. The van der Waals surface area contributed by atoms with E-state index in [9.17, 15) is 18.0 Å². The molecule has 0 saturated heterocycles. The van der Waals surface area contributed by atoms with Crippen molar-refractivity contribution in [1.82, 2.24) is 4.90 Å². The first-order chi connectivity index (χ1) is 12.3. The van der Waals surface area contributed by atoms with Crippen LogP contribution in [-0.2, 0) is 13.0 Å². The Morgan fingerprint density at radius 3 is 2.33 bits per heavy atom. The Bertz CT molecular complexity index is 900. The van der Waals surface area contributed by atoms with Crippen molar-refractivity contribution in [2.45, 2.75) is 27.3 Å². The van der Waals surface area contributed by atoms with Crippen molar-refractivity contribution in [3.8, 4) is 11.1 Å². The van der Waals surface area contributed by atoms with Crippen LogP contribution in [0.2, 0.25) is 0 Å². The highest BCUT2D eigenvalue weighted by molar-refractivity contribution is 5.90. The molecule has 0 unspecified atom stereocenters. The van der Waals surface area contributed by atoms with Crippen LogP contribution in [-0.4, -0.2) is 23.4 Å². The van der Waals surface area contributed by atoms with E-state index in [4.69, 9.17) is 11.5 Å². The predicted molar refractivity (Wildman–Crippen MR) is 98.5 cm³/mol. The van der Waals surface area contributed by atoms with Gasteiger partial charge in [0.2, 0.25) is 0 Å². The number of rotatable bonds is 1. The fourth-order valence-corrected chi connectivity index (χ4v) is 3.23. The minimum absolute atomic E-state index is 0. The second-order valence-corrected chi connectivity index (χ2v) is 6.12. The molecule has 2 amide bonds. The Balaban J connectivity index is 0.00000261. The van der Waals surface area contributed by atoms with Crippen molar-refractivity contribution >= 4 is 12.0 Å². The van der Waals surface area contributed by atoms with E-state index in [1.54, 1.807) is 12.1 Å². The second-order valence-electron chi connectivity index (χ2n) is 6.12. The zero-order valence-corrected chi connectivity index (χ0v) is 14.0. The average molecular weight is 378 g/mol. The quantitative estimate of drug-likeness (QED) is 0.589. The number of amides is 2. The van der Waals surface area contributed by atoms with Gasteiger partial charge in [0.1, 0.15) is 17.5 Å². The number of aryl methyl sites for hydroxylation is 1. The minimum Gasteiger partial charge on any atom is -0.370 e. The third kappa shape index (κ3) is 3.89. The van der Waals surface area contributed by atoms with E-state index >= 15 is 0 Å². The number of carbonyl (C=O) groups excluding carboxylic acids is 1. The van der Waals surface area contributed by atoms with Crippen LogP contribution in [0, 0.1) is 24.4 Å². The molecule has 0 aromatic heterocycles. The molecule has 1 aliphatic heterocycles. The third-order valence-corrected chi connectivity index (χ3v) is 4.42. The Morgan fingerprint density at radius 2 is 1.74 bits per heavy atom. The maximum atomic E-state index is 14.3. The number of hydrogen-bond acceptors (Lipinski definition) is 1. The highest BCUT2D eigenvalue weighted by Gasteiger charge is 2.26. The molecule has 0 saturated carbocycles. The first-order valence-corrected chi connectivity index (χ1v) is 7.92. The van der Waals surface area contributed by atoms with Crippen molar-refractivity contribution in [3.05, 3.63) is 58.4 Å². The van der Waals surface area contributed by atoms with Gasteiger partial charge in [-0.05, 0) is 35.6 Å². The third-order valence-electron chi connectivity index (χ3n) is 4.42. The summed E-state index contributed by atoms with van der Waals surface area (Å²) >= 11 is 0. The van der Waals surface area contributed by atoms with Gasteiger partial charge in [0.15, 0.2) is 5.96 Å². The lowest BCUT2D eigenvalue weighted by atomic mass is 9.88. The molecule has 0 aliphatic carbocycles. The lowest BCUT2D eigenvalue weighted by molar-refractivity contribution is 0.202. The van der Waals surface area contributed by atoms with Crippen LogP contribution < -0.4 is 11.5 Å². The molecular weight excluding hydrogens is 357 g/mol. The van der Waals surface area contributed by atoms with Crippen LogP contribution in [0.15, 0.2) is 29.3 Å². The summed E-state index contributed by atoms with van der Waals surface area (Å²) in [6.45, 7) is 2.35. The van der Waals surface area contributed by atoms with Crippen LogP contribution in [0.1, 0.15) is 24.1 Å². The van der Waals surface area contributed by atoms with Crippen LogP contribution in [0.4, 0.5) is 18.0 Å². The monoisotopic (exact) mass is 378 g/mol. The lowest BCUT2D eigenvalue weighted by Gasteiger charge is -2.30. The number of carbonyl (C=O) groups is 1. The van der Waals surface area contributed by atoms with Gasteiger partial charge >= 0.3 is 6.03 Å². The van der Waals surface area contributed by atoms with E-state index in [2.05, 4.69) is 4.99 Å². The Labute approximate surface area is 155 Å². The molecule has 0 radical (unpaired) electrons. The van der Waals surface area contributed by atoms with E-state index in [1.807, 2.05) is 6.92 Å². The van der Waals surface area contributed by atoms with Crippen LogP contribution in [0.3, 0.4) is 0 Å². The molecule has 0 atom stereocenters. The molecule has 144 valence electrons. The first kappa shape index (κ1) is 20.3. The second kappa shape index (κ2) is 7.69. The smallest absolute Gasteiger partial charge is 0.347 e. The maximum absolute atomic E-state index is 14.3. The number of hydrogen-bond donors (Lipinski definition) is 2. The molecule has 8 heteroatoms. The van der Waals surface area contributed by atoms with Gasteiger partial charge < -0.3 is 16.4 Å². The number of benzene rings is 2. The molecular formula is C19H21F3N4O. The molecule has 1 aliphatic rings. The molecule has 0 fully saturated rings. The number of nitrogens with zero attached hydrogens (tertiary/aromatic N) is 2. The lowest BCUT2D eigenvalue weighted by Crippen LogP contribution is -2.37. The van der Waals surface area contributed by atoms with Gasteiger partial charge in [0, 0.05) is 25.2 Å². The summed E-state index contributed by atoms with van der Waals surface area (Å²) in [5.74, 6) is -3.35. The Hall–Kier alpha value is -3.03. The molecule has 2 aromatic carbocycles. The number of nitrogens with two attached hydrogens (primary N) is 2. The summed E-state index contributed by atoms with van der Waals surface area (Å²) in [6, 6.07) is 3.97. The van der Waals surface area contributed by atoms with Crippen molar-refractivity contribution in [2.75, 3.05) is 6.54 Å². The molecule has 5 nitrogen and oxygen atoms in total. The largest absolute Gasteiger partial charge is 0.370 e. The summed E-state index contributed by atoms with van der Waals surface area (Å²) < 4.78 is 41.8. The van der Waals surface area contributed by atoms with Gasteiger partial charge in [-0.2, -0.15) is 4.99 Å². The van der Waals surface area contributed by atoms with Crippen LogP contribution in [0.5, 0.6) is 0 Å². The summed E-state index contributed by atoms with van der Waals surface area (Å²) in [6.07, 6.45) is 0.491. The number of fused-ring (bicyclic) bond motifs is 1. The average Bonchev–Trinajstić information content (AvgIpc) is 2.55. The summed E-state index contributed by atoms with van der Waals surface area (Å²) in [7, 11) is 0.